The molecule has 0 bridgehead atoms. The van der Waals surface area contributed by atoms with Gasteiger partial charge in [-0.3, -0.25) is 0 Å². The van der Waals surface area contributed by atoms with Crippen molar-refractivity contribution >= 4 is 11.8 Å². The van der Waals surface area contributed by atoms with E-state index >= 15 is 0 Å². The minimum Gasteiger partial charge on any atom is -0.507 e. The molecule has 0 atom stereocenters. The first-order chi connectivity index (χ1) is 8.31. The van der Waals surface area contributed by atoms with Crippen LogP contribution in [0.2, 0.25) is 0 Å². The van der Waals surface area contributed by atoms with Crippen LogP contribution in [0.15, 0.2) is 33.9 Å². The summed E-state index contributed by atoms with van der Waals surface area (Å²) in [5.41, 5.74) is 0.572. The lowest BCUT2D eigenvalue weighted by Crippen LogP contribution is -1.78. The Balaban J connectivity index is 2.10. The second kappa shape index (κ2) is 5.72. The fourth-order valence-electron chi connectivity index (χ4n) is 1.34. The van der Waals surface area contributed by atoms with Crippen LogP contribution >= 0.6 is 11.8 Å². The van der Waals surface area contributed by atoms with Gasteiger partial charge in [-0.15, -0.1) is 10.2 Å². The molecule has 4 nitrogen and oxygen atoms in total. The average Bonchev–Trinajstić information content (AvgIpc) is 2.79. The van der Waals surface area contributed by atoms with Gasteiger partial charge >= 0.3 is 0 Å². The van der Waals surface area contributed by atoms with Crippen LogP contribution in [-0.4, -0.2) is 21.1 Å². The summed E-state index contributed by atoms with van der Waals surface area (Å²) in [5.74, 6) is 1.49. The van der Waals surface area contributed by atoms with Crippen LogP contribution < -0.4 is 0 Å². The highest BCUT2D eigenvalue weighted by Crippen LogP contribution is 2.29. The van der Waals surface area contributed by atoms with Crippen LogP contribution in [0.3, 0.4) is 0 Å². The number of phenols is 1. The summed E-state index contributed by atoms with van der Waals surface area (Å²) < 4.78 is 5.48. The van der Waals surface area contributed by atoms with Crippen LogP contribution in [-0.2, 0) is 0 Å². The predicted octanol–water partition coefficient (Wildman–Crippen LogP) is 3.33. The molecule has 2 aromatic rings. The van der Waals surface area contributed by atoms with Gasteiger partial charge in [0.25, 0.3) is 11.1 Å². The summed E-state index contributed by atoms with van der Waals surface area (Å²) in [6.07, 6.45) is 2.27. The van der Waals surface area contributed by atoms with Crippen LogP contribution in [0.25, 0.3) is 11.5 Å². The summed E-state index contributed by atoms with van der Waals surface area (Å²) in [7, 11) is 0. The Morgan fingerprint density at radius 2 is 2.12 bits per heavy atom. The van der Waals surface area contributed by atoms with Crippen LogP contribution in [0.1, 0.15) is 19.8 Å². The number of thioether (sulfide) groups is 1. The maximum absolute atomic E-state index is 9.65. The number of aromatic hydroxyl groups is 1. The van der Waals surface area contributed by atoms with Crippen molar-refractivity contribution in [3.05, 3.63) is 24.3 Å². The highest BCUT2D eigenvalue weighted by molar-refractivity contribution is 7.99. The van der Waals surface area contributed by atoms with Crippen molar-refractivity contribution < 1.29 is 9.52 Å². The van der Waals surface area contributed by atoms with Crippen molar-refractivity contribution in [3.63, 3.8) is 0 Å². The Labute approximate surface area is 104 Å². The van der Waals surface area contributed by atoms with Gasteiger partial charge in [0.2, 0.25) is 0 Å². The number of rotatable bonds is 5. The lowest BCUT2D eigenvalue weighted by Gasteiger charge is -1.97. The molecule has 0 amide bonds. The van der Waals surface area contributed by atoms with Crippen molar-refractivity contribution in [2.24, 2.45) is 0 Å². The fourth-order valence-corrected chi connectivity index (χ4v) is 2.18. The Hall–Kier alpha value is -1.49. The summed E-state index contributed by atoms with van der Waals surface area (Å²) in [6.45, 7) is 2.14. The van der Waals surface area contributed by atoms with Crippen molar-refractivity contribution in [2.45, 2.75) is 25.0 Å². The molecular weight excluding hydrogens is 236 g/mol. The molecule has 0 aliphatic carbocycles. The lowest BCUT2D eigenvalue weighted by molar-refractivity contribution is 0.452. The topological polar surface area (TPSA) is 59.2 Å². The van der Waals surface area contributed by atoms with Gasteiger partial charge in [0.1, 0.15) is 5.75 Å². The molecule has 0 saturated heterocycles. The van der Waals surface area contributed by atoms with Gasteiger partial charge in [-0.25, -0.2) is 0 Å². The van der Waals surface area contributed by atoms with E-state index in [0.29, 0.717) is 16.7 Å². The number of phenolic OH excluding ortho intramolecular Hbond substituents is 1. The fraction of sp³-hybridized carbons (Fsp3) is 0.333. The number of aromatic nitrogens is 2. The average molecular weight is 250 g/mol. The zero-order valence-corrected chi connectivity index (χ0v) is 10.4. The minimum absolute atomic E-state index is 0.154. The van der Waals surface area contributed by atoms with E-state index in [1.807, 2.05) is 6.07 Å². The van der Waals surface area contributed by atoms with Crippen molar-refractivity contribution in [1.29, 1.82) is 0 Å². The highest BCUT2D eigenvalue weighted by atomic mass is 32.2. The standard InChI is InChI=1S/C12H14N2O2S/c1-2-3-8-17-12-14-13-11(16-12)9-6-4-5-7-10(9)15/h4-7,15H,2-3,8H2,1H3. The normalized spacial score (nSPS) is 10.6. The van der Waals surface area contributed by atoms with E-state index in [1.54, 1.807) is 30.0 Å². The van der Waals surface area contributed by atoms with Gasteiger partial charge in [0.05, 0.1) is 5.56 Å². The molecule has 1 aromatic carbocycles. The van der Waals surface area contributed by atoms with Crippen molar-refractivity contribution in [2.75, 3.05) is 5.75 Å². The van der Waals surface area contributed by atoms with Gasteiger partial charge in [-0.1, -0.05) is 37.2 Å². The molecule has 0 unspecified atom stereocenters. The molecule has 0 spiro atoms. The number of nitrogens with zero attached hydrogens (tertiary/aromatic N) is 2. The molecule has 0 saturated carbocycles. The Morgan fingerprint density at radius 1 is 1.29 bits per heavy atom. The van der Waals surface area contributed by atoms with Gasteiger partial charge in [-0.05, 0) is 18.6 Å². The molecule has 0 fully saturated rings. The lowest BCUT2D eigenvalue weighted by atomic mass is 10.2. The predicted molar refractivity (Wildman–Crippen MR) is 67.0 cm³/mol. The molecule has 0 radical (unpaired) electrons. The minimum atomic E-state index is 0.154. The quantitative estimate of drug-likeness (QED) is 0.651. The maximum atomic E-state index is 9.65. The maximum Gasteiger partial charge on any atom is 0.276 e. The second-order valence-electron chi connectivity index (χ2n) is 3.59. The number of hydrogen-bond acceptors (Lipinski definition) is 5. The molecule has 0 aliphatic rings. The molecule has 2 rings (SSSR count). The first-order valence-corrected chi connectivity index (χ1v) is 6.54. The van der Waals surface area contributed by atoms with E-state index in [1.165, 1.54) is 0 Å². The number of unbranched alkanes of at least 4 members (excludes halogenated alkanes) is 1. The SMILES string of the molecule is CCCCSc1nnc(-c2ccccc2O)o1. The zero-order valence-electron chi connectivity index (χ0n) is 9.59. The Kier molecular flexibility index (Phi) is 4.03. The third-order valence-electron chi connectivity index (χ3n) is 2.26. The number of para-hydroxylation sites is 1. The van der Waals surface area contributed by atoms with Crippen molar-refractivity contribution in [3.8, 4) is 17.2 Å². The van der Waals surface area contributed by atoms with E-state index in [9.17, 15) is 5.11 Å². The van der Waals surface area contributed by atoms with E-state index < -0.39 is 0 Å². The Morgan fingerprint density at radius 3 is 2.88 bits per heavy atom. The van der Waals surface area contributed by atoms with E-state index in [0.717, 1.165) is 18.6 Å². The molecule has 1 heterocycles. The van der Waals surface area contributed by atoms with E-state index in [2.05, 4.69) is 17.1 Å². The van der Waals surface area contributed by atoms with Crippen molar-refractivity contribution in [1.82, 2.24) is 10.2 Å². The van der Waals surface area contributed by atoms with Gasteiger partial charge in [0, 0.05) is 5.75 Å². The van der Waals surface area contributed by atoms with Crippen LogP contribution in [0.4, 0.5) is 0 Å². The third-order valence-corrected chi connectivity index (χ3v) is 3.17. The first-order valence-electron chi connectivity index (χ1n) is 5.56. The molecule has 17 heavy (non-hydrogen) atoms. The van der Waals surface area contributed by atoms with Crippen LogP contribution in [0, 0.1) is 0 Å². The highest BCUT2D eigenvalue weighted by Gasteiger charge is 2.11. The van der Waals surface area contributed by atoms with Gasteiger partial charge in [-0.2, -0.15) is 0 Å². The zero-order chi connectivity index (χ0) is 12.1. The third kappa shape index (κ3) is 3.00. The summed E-state index contributed by atoms with van der Waals surface area (Å²) in [4.78, 5) is 0. The molecule has 1 N–H and O–H groups in total. The molecular formula is C12H14N2O2S. The molecule has 5 heteroatoms. The summed E-state index contributed by atoms with van der Waals surface area (Å²) in [6, 6.07) is 6.93. The molecule has 0 aliphatic heterocycles. The molecule has 90 valence electrons. The summed E-state index contributed by atoms with van der Waals surface area (Å²) >= 11 is 1.54. The monoisotopic (exact) mass is 250 g/mol. The van der Waals surface area contributed by atoms with Gasteiger partial charge in [0.15, 0.2) is 0 Å². The Bertz CT molecular complexity index is 485. The summed E-state index contributed by atoms with van der Waals surface area (Å²) in [5, 5.41) is 18.1. The van der Waals surface area contributed by atoms with Gasteiger partial charge < -0.3 is 9.52 Å². The number of benzene rings is 1. The van der Waals surface area contributed by atoms with Crippen LogP contribution in [0.5, 0.6) is 5.75 Å². The first kappa shape index (κ1) is 12.0. The second-order valence-corrected chi connectivity index (χ2v) is 4.64. The molecule has 1 aromatic heterocycles. The number of hydrogen-bond donors (Lipinski definition) is 1. The smallest absolute Gasteiger partial charge is 0.276 e. The van der Waals surface area contributed by atoms with E-state index in [-0.39, 0.29) is 5.75 Å². The largest absolute Gasteiger partial charge is 0.507 e. The van der Waals surface area contributed by atoms with E-state index in [4.69, 9.17) is 4.42 Å².